The summed E-state index contributed by atoms with van der Waals surface area (Å²) in [5.74, 6) is -0.883. The minimum Gasteiger partial charge on any atom is -0.467 e. The minimum absolute atomic E-state index is 0.136. The summed E-state index contributed by atoms with van der Waals surface area (Å²) in [6.45, 7) is 0.192. The fraction of sp³-hybridized carbons (Fsp3) is 0.263. The molecule has 2 aromatic carbocycles. The Morgan fingerprint density at radius 2 is 1.72 bits per heavy atom. The zero-order valence-corrected chi connectivity index (χ0v) is 14.7. The quantitative estimate of drug-likeness (QED) is 0.734. The highest BCUT2D eigenvalue weighted by Crippen LogP contribution is 2.11. The molecule has 132 valence electrons. The van der Waals surface area contributed by atoms with Gasteiger partial charge in [0.1, 0.15) is 12.6 Å². The smallest absolute Gasteiger partial charge is 0.328 e. The second-order valence-corrected chi connectivity index (χ2v) is 5.89. The highest BCUT2D eigenvalue weighted by atomic mass is 35.5. The topological polar surface area (TPSA) is 64.6 Å². The van der Waals surface area contributed by atoms with E-state index in [1.165, 1.54) is 7.11 Å². The predicted molar refractivity (Wildman–Crippen MR) is 95.2 cm³/mol. The molecule has 0 bridgehead atoms. The molecule has 5 nitrogen and oxygen atoms in total. The number of carbonyl (C=O) groups is 2. The molecule has 2 aromatic rings. The predicted octanol–water partition coefficient (Wildman–Crippen LogP) is 2.76. The lowest BCUT2D eigenvalue weighted by Crippen LogP contribution is -2.44. The highest BCUT2D eigenvalue weighted by Gasteiger charge is 2.22. The van der Waals surface area contributed by atoms with Crippen molar-refractivity contribution in [3.8, 4) is 0 Å². The maximum Gasteiger partial charge on any atom is 0.328 e. The summed E-state index contributed by atoms with van der Waals surface area (Å²) in [5.41, 5.74) is 1.84. The molecule has 0 saturated heterocycles. The standard InChI is InChI=1S/C19H20ClNO4/c1-24-19(23)17(11-14-7-9-16(20)10-8-14)21-18(22)13-25-12-15-5-3-2-4-6-15/h2-10,17H,11-13H2,1H3,(H,21,22)/t17-/m0/s1. The molecule has 6 heteroatoms. The van der Waals surface area contributed by atoms with Gasteiger partial charge in [-0.05, 0) is 23.3 Å². The number of hydrogen-bond acceptors (Lipinski definition) is 4. The summed E-state index contributed by atoms with van der Waals surface area (Å²) in [6, 6.07) is 15.8. The van der Waals surface area contributed by atoms with Crippen LogP contribution in [0.2, 0.25) is 5.02 Å². The van der Waals surface area contributed by atoms with Gasteiger partial charge in [-0.25, -0.2) is 4.79 Å². The number of benzene rings is 2. The summed E-state index contributed by atoms with van der Waals surface area (Å²) in [6.07, 6.45) is 0.314. The maximum atomic E-state index is 12.0. The number of carbonyl (C=O) groups excluding carboxylic acids is 2. The van der Waals surface area contributed by atoms with Gasteiger partial charge in [-0.3, -0.25) is 4.79 Å². The Balaban J connectivity index is 1.86. The zero-order valence-electron chi connectivity index (χ0n) is 13.9. The van der Waals surface area contributed by atoms with E-state index in [0.29, 0.717) is 18.1 Å². The summed E-state index contributed by atoms with van der Waals surface area (Å²) in [7, 11) is 1.29. The molecule has 0 aliphatic rings. The molecule has 1 N–H and O–H groups in total. The molecule has 0 aromatic heterocycles. The molecule has 0 heterocycles. The van der Waals surface area contributed by atoms with Gasteiger partial charge in [0.25, 0.3) is 0 Å². The number of rotatable bonds is 8. The van der Waals surface area contributed by atoms with E-state index in [4.69, 9.17) is 21.1 Å². The molecule has 1 amide bonds. The van der Waals surface area contributed by atoms with Crippen molar-refractivity contribution in [3.63, 3.8) is 0 Å². The Kier molecular flexibility index (Phi) is 7.44. The molecule has 0 unspecified atom stereocenters. The first-order chi connectivity index (χ1) is 12.1. The molecular formula is C19H20ClNO4. The molecular weight excluding hydrogens is 342 g/mol. The van der Waals surface area contributed by atoms with Gasteiger partial charge in [-0.15, -0.1) is 0 Å². The van der Waals surface area contributed by atoms with Crippen molar-refractivity contribution in [2.45, 2.75) is 19.1 Å². The van der Waals surface area contributed by atoms with Crippen molar-refractivity contribution in [3.05, 3.63) is 70.7 Å². The largest absolute Gasteiger partial charge is 0.467 e. The highest BCUT2D eigenvalue weighted by molar-refractivity contribution is 6.30. The molecule has 0 aliphatic heterocycles. The van der Waals surface area contributed by atoms with Gasteiger partial charge in [0.15, 0.2) is 0 Å². The van der Waals surface area contributed by atoms with Gasteiger partial charge in [0, 0.05) is 11.4 Å². The summed E-state index contributed by atoms with van der Waals surface area (Å²) in [4.78, 5) is 24.0. The van der Waals surface area contributed by atoms with Gasteiger partial charge >= 0.3 is 5.97 Å². The molecule has 2 rings (SSSR count). The van der Waals surface area contributed by atoms with Crippen LogP contribution in [-0.2, 0) is 32.1 Å². The number of halogens is 1. The Hall–Kier alpha value is -2.37. The molecule has 25 heavy (non-hydrogen) atoms. The lowest BCUT2D eigenvalue weighted by Gasteiger charge is -2.16. The lowest BCUT2D eigenvalue weighted by molar-refractivity contribution is -0.145. The molecule has 0 fully saturated rings. The van der Waals surface area contributed by atoms with Crippen LogP contribution in [0.4, 0.5) is 0 Å². The maximum absolute atomic E-state index is 12.0. The van der Waals surface area contributed by atoms with Gasteiger partial charge in [-0.1, -0.05) is 54.1 Å². The van der Waals surface area contributed by atoms with Crippen molar-refractivity contribution in [2.24, 2.45) is 0 Å². The van der Waals surface area contributed by atoms with E-state index < -0.39 is 12.0 Å². The van der Waals surface area contributed by atoms with Crippen LogP contribution in [0, 0.1) is 0 Å². The SMILES string of the molecule is COC(=O)[C@H](Cc1ccc(Cl)cc1)NC(=O)COCc1ccccc1. The zero-order chi connectivity index (χ0) is 18.1. The number of nitrogens with one attached hydrogen (secondary N) is 1. The summed E-state index contributed by atoms with van der Waals surface area (Å²) < 4.78 is 10.1. The van der Waals surface area contributed by atoms with Gasteiger partial charge in [-0.2, -0.15) is 0 Å². The third-order valence-corrected chi connectivity index (χ3v) is 3.77. The molecule has 0 aliphatic carbocycles. The molecule has 0 spiro atoms. The molecule has 0 radical (unpaired) electrons. The van der Waals surface area contributed by atoms with Crippen LogP contribution < -0.4 is 5.32 Å². The lowest BCUT2D eigenvalue weighted by atomic mass is 10.1. The van der Waals surface area contributed by atoms with Crippen molar-refractivity contribution in [1.29, 1.82) is 0 Å². The van der Waals surface area contributed by atoms with Gasteiger partial charge in [0.2, 0.25) is 5.91 Å². The van der Waals surface area contributed by atoms with Crippen LogP contribution in [0.25, 0.3) is 0 Å². The van der Waals surface area contributed by atoms with E-state index in [2.05, 4.69) is 5.32 Å². The van der Waals surface area contributed by atoms with Crippen molar-refractivity contribution < 1.29 is 19.1 Å². The summed E-state index contributed by atoms with van der Waals surface area (Å²) in [5, 5.41) is 3.25. The Bertz CT molecular complexity index is 688. The first-order valence-corrected chi connectivity index (χ1v) is 8.19. The van der Waals surface area contributed by atoms with Crippen LogP contribution in [-0.4, -0.2) is 31.6 Å². The Morgan fingerprint density at radius 1 is 1.04 bits per heavy atom. The fourth-order valence-corrected chi connectivity index (χ4v) is 2.39. The Morgan fingerprint density at radius 3 is 2.36 bits per heavy atom. The van der Waals surface area contributed by atoms with E-state index in [0.717, 1.165) is 11.1 Å². The average Bonchev–Trinajstić information content (AvgIpc) is 2.63. The number of hydrogen-bond donors (Lipinski definition) is 1. The first kappa shape index (κ1) is 19.0. The number of amides is 1. The average molecular weight is 362 g/mol. The normalized spacial score (nSPS) is 11.6. The molecule has 0 saturated carbocycles. The second-order valence-electron chi connectivity index (χ2n) is 5.45. The third kappa shape index (κ3) is 6.57. The van der Waals surface area contributed by atoms with E-state index in [1.807, 2.05) is 30.3 Å². The van der Waals surface area contributed by atoms with E-state index in [1.54, 1.807) is 24.3 Å². The third-order valence-electron chi connectivity index (χ3n) is 3.52. The number of ether oxygens (including phenoxy) is 2. The molecule has 1 atom stereocenters. The van der Waals surface area contributed by atoms with E-state index >= 15 is 0 Å². The van der Waals surface area contributed by atoms with Gasteiger partial charge < -0.3 is 14.8 Å². The van der Waals surface area contributed by atoms with Crippen molar-refractivity contribution in [2.75, 3.05) is 13.7 Å². The first-order valence-electron chi connectivity index (χ1n) is 7.82. The van der Waals surface area contributed by atoms with Crippen molar-refractivity contribution in [1.82, 2.24) is 5.32 Å². The van der Waals surface area contributed by atoms with Crippen LogP contribution in [0.1, 0.15) is 11.1 Å². The van der Waals surface area contributed by atoms with Crippen LogP contribution >= 0.6 is 11.6 Å². The second kappa shape index (κ2) is 9.81. The monoisotopic (exact) mass is 361 g/mol. The summed E-state index contributed by atoms with van der Waals surface area (Å²) >= 11 is 5.85. The van der Waals surface area contributed by atoms with E-state index in [-0.39, 0.29) is 12.5 Å². The number of esters is 1. The van der Waals surface area contributed by atoms with Crippen LogP contribution in [0.3, 0.4) is 0 Å². The fourth-order valence-electron chi connectivity index (χ4n) is 2.26. The minimum atomic E-state index is -0.779. The van der Waals surface area contributed by atoms with Gasteiger partial charge in [0.05, 0.1) is 13.7 Å². The van der Waals surface area contributed by atoms with Crippen molar-refractivity contribution >= 4 is 23.5 Å². The van der Waals surface area contributed by atoms with Crippen LogP contribution in [0.15, 0.2) is 54.6 Å². The Labute approximate surface area is 151 Å². The number of methoxy groups -OCH3 is 1. The van der Waals surface area contributed by atoms with Crippen LogP contribution in [0.5, 0.6) is 0 Å². The van der Waals surface area contributed by atoms with E-state index in [9.17, 15) is 9.59 Å².